The van der Waals surface area contributed by atoms with Crippen LogP contribution >= 0.6 is 0 Å². The van der Waals surface area contributed by atoms with Crippen LogP contribution in [0.3, 0.4) is 0 Å². The predicted molar refractivity (Wildman–Crippen MR) is 60.5 cm³/mol. The minimum Gasteiger partial charge on any atom is -0.508 e. The highest BCUT2D eigenvalue weighted by atomic mass is 16.4. The third-order valence-corrected chi connectivity index (χ3v) is 2.31. The van der Waals surface area contributed by atoms with Gasteiger partial charge >= 0.3 is 5.63 Å². The van der Waals surface area contributed by atoms with Crippen LogP contribution in [0.4, 0.5) is 0 Å². The Balaban J connectivity index is 2.08. The lowest BCUT2D eigenvalue weighted by atomic mass is 10.1. The summed E-state index contributed by atoms with van der Waals surface area (Å²) in [5.74, 6) is 0.466. The molecule has 16 heavy (non-hydrogen) atoms. The van der Waals surface area contributed by atoms with E-state index < -0.39 is 5.63 Å². The fourth-order valence-corrected chi connectivity index (χ4v) is 1.55. The van der Waals surface area contributed by atoms with Crippen LogP contribution in [-0.4, -0.2) is 5.11 Å². The van der Waals surface area contributed by atoms with E-state index in [9.17, 15) is 9.90 Å². The molecule has 0 aliphatic heterocycles. The van der Waals surface area contributed by atoms with Crippen LogP contribution in [0.1, 0.15) is 11.3 Å². The molecule has 0 bridgehead atoms. The van der Waals surface area contributed by atoms with Crippen molar-refractivity contribution in [3.8, 4) is 5.75 Å². The van der Waals surface area contributed by atoms with Crippen molar-refractivity contribution < 1.29 is 9.52 Å². The molecule has 0 unspecified atom stereocenters. The van der Waals surface area contributed by atoms with Gasteiger partial charge in [-0.15, -0.1) is 0 Å². The Labute approximate surface area is 93.0 Å². The predicted octanol–water partition coefficient (Wildman–Crippen LogP) is 2.13. The smallest absolute Gasteiger partial charge is 0.339 e. The second-order valence-electron chi connectivity index (χ2n) is 3.59. The summed E-state index contributed by atoms with van der Waals surface area (Å²) in [4.78, 5) is 11.0. The Bertz CT molecular complexity index is 514. The van der Waals surface area contributed by atoms with Crippen molar-refractivity contribution in [3.05, 3.63) is 64.2 Å². The fourth-order valence-electron chi connectivity index (χ4n) is 1.55. The fraction of sp³-hybridized carbons (Fsp3) is 0.154. The molecule has 0 fully saturated rings. The summed E-state index contributed by atoms with van der Waals surface area (Å²) in [6.45, 7) is 0. The van der Waals surface area contributed by atoms with Crippen LogP contribution in [-0.2, 0) is 12.8 Å². The molecule has 82 valence electrons. The highest BCUT2D eigenvalue weighted by Crippen LogP contribution is 2.10. The number of benzene rings is 1. The van der Waals surface area contributed by atoms with Crippen LogP contribution in [0.5, 0.6) is 5.75 Å². The van der Waals surface area contributed by atoms with E-state index in [1.54, 1.807) is 0 Å². The van der Waals surface area contributed by atoms with Gasteiger partial charge in [-0.3, -0.25) is 0 Å². The molecule has 1 aromatic carbocycles. The minimum absolute atomic E-state index is 0.0423. The van der Waals surface area contributed by atoms with E-state index in [2.05, 4.69) is 0 Å². The van der Waals surface area contributed by atoms with Gasteiger partial charge < -0.3 is 9.52 Å². The zero-order chi connectivity index (χ0) is 11.4. The molecular weight excluding hydrogens is 204 g/mol. The van der Waals surface area contributed by atoms with Gasteiger partial charge in [0.25, 0.3) is 0 Å². The number of rotatable bonds is 3. The first kappa shape index (κ1) is 10.5. The van der Waals surface area contributed by atoms with Gasteiger partial charge in [0.1, 0.15) is 11.5 Å². The van der Waals surface area contributed by atoms with E-state index >= 15 is 0 Å². The molecule has 3 heteroatoms. The number of hydrogen-bond acceptors (Lipinski definition) is 3. The molecule has 2 aromatic rings. The van der Waals surface area contributed by atoms with Crippen molar-refractivity contribution in [2.24, 2.45) is 0 Å². The summed E-state index contributed by atoms with van der Waals surface area (Å²) in [6.07, 6.45) is 1.39. The van der Waals surface area contributed by atoms with Crippen molar-refractivity contribution in [2.75, 3.05) is 0 Å². The topological polar surface area (TPSA) is 50.4 Å². The average molecular weight is 216 g/mol. The van der Waals surface area contributed by atoms with Gasteiger partial charge in [-0.25, -0.2) is 4.79 Å². The first-order valence-corrected chi connectivity index (χ1v) is 5.11. The molecule has 0 saturated heterocycles. The third kappa shape index (κ3) is 2.73. The normalized spacial score (nSPS) is 10.2. The van der Waals surface area contributed by atoms with Gasteiger partial charge in [0, 0.05) is 12.5 Å². The lowest BCUT2D eigenvalue weighted by Gasteiger charge is -2.01. The molecular formula is C13H12O3. The minimum atomic E-state index is -0.511. The summed E-state index contributed by atoms with van der Waals surface area (Å²) >= 11 is 0. The Hall–Kier alpha value is -2.03. The number of hydrogen-bond donors (Lipinski definition) is 1. The van der Waals surface area contributed by atoms with Crippen LogP contribution in [0.2, 0.25) is 0 Å². The Morgan fingerprint density at radius 3 is 2.50 bits per heavy atom. The Morgan fingerprint density at radius 2 is 1.81 bits per heavy atom. The summed E-state index contributed by atoms with van der Waals surface area (Å²) in [5, 5.41) is 9.23. The number of aryl methyl sites for hydroxylation is 2. The second kappa shape index (κ2) is 4.66. The lowest BCUT2D eigenvalue weighted by molar-refractivity contribution is 0.423. The molecule has 1 N–H and O–H groups in total. The first-order chi connectivity index (χ1) is 7.74. The highest BCUT2D eigenvalue weighted by Gasteiger charge is 2.01. The number of aromatic hydroxyl groups is 1. The van der Waals surface area contributed by atoms with E-state index in [1.807, 2.05) is 30.3 Å². The lowest BCUT2D eigenvalue weighted by Crippen LogP contribution is -2.00. The SMILES string of the molecule is O=c1cc(O)cc(CCc2ccccc2)o1. The van der Waals surface area contributed by atoms with E-state index in [4.69, 9.17) is 4.42 Å². The van der Waals surface area contributed by atoms with Gasteiger partial charge in [0.15, 0.2) is 0 Å². The van der Waals surface area contributed by atoms with E-state index in [1.165, 1.54) is 11.6 Å². The van der Waals surface area contributed by atoms with E-state index in [0.717, 1.165) is 12.5 Å². The summed E-state index contributed by atoms with van der Waals surface area (Å²) in [6, 6.07) is 12.5. The van der Waals surface area contributed by atoms with Crippen molar-refractivity contribution >= 4 is 0 Å². The van der Waals surface area contributed by atoms with Crippen molar-refractivity contribution in [1.82, 2.24) is 0 Å². The zero-order valence-electron chi connectivity index (χ0n) is 8.72. The maximum absolute atomic E-state index is 11.0. The molecule has 0 aliphatic rings. The van der Waals surface area contributed by atoms with E-state index in [-0.39, 0.29) is 5.75 Å². The molecule has 3 nitrogen and oxygen atoms in total. The molecule has 0 spiro atoms. The van der Waals surface area contributed by atoms with Crippen molar-refractivity contribution in [1.29, 1.82) is 0 Å². The van der Waals surface area contributed by atoms with Crippen LogP contribution in [0.15, 0.2) is 51.7 Å². The summed E-state index contributed by atoms with van der Waals surface area (Å²) in [5.41, 5.74) is 0.663. The summed E-state index contributed by atoms with van der Waals surface area (Å²) < 4.78 is 4.96. The molecule has 1 aromatic heterocycles. The molecule has 1 heterocycles. The molecule has 0 saturated carbocycles. The second-order valence-corrected chi connectivity index (χ2v) is 3.59. The van der Waals surface area contributed by atoms with Gasteiger partial charge in [-0.2, -0.15) is 0 Å². The summed E-state index contributed by atoms with van der Waals surface area (Å²) in [7, 11) is 0. The zero-order valence-corrected chi connectivity index (χ0v) is 8.72. The van der Waals surface area contributed by atoms with Crippen LogP contribution in [0.25, 0.3) is 0 Å². The van der Waals surface area contributed by atoms with Gasteiger partial charge in [-0.05, 0) is 12.0 Å². The maximum atomic E-state index is 11.0. The largest absolute Gasteiger partial charge is 0.508 e. The van der Waals surface area contributed by atoms with Gasteiger partial charge in [0.05, 0.1) is 6.07 Å². The maximum Gasteiger partial charge on any atom is 0.339 e. The quantitative estimate of drug-likeness (QED) is 0.855. The average Bonchev–Trinajstić information content (AvgIpc) is 2.27. The van der Waals surface area contributed by atoms with Crippen LogP contribution < -0.4 is 5.63 Å². The Kier molecular flexibility index (Phi) is 3.05. The molecule has 0 radical (unpaired) electrons. The molecule has 0 atom stereocenters. The third-order valence-electron chi connectivity index (χ3n) is 2.31. The molecule has 0 amide bonds. The van der Waals surface area contributed by atoms with E-state index in [0.29, 0.717) is 12.2 Å². The Morgan fingerprint density at radius 1 is 1.06 bits per heavy atom. The molecule has 2 rings (SSSR count). The molecule has 0 aliphatic carbocycles. The highest BCUT2D eigenvalue weighted by molar-refractivity contribution is 5.20. The van der Waals surface area contributed by atoms with Gasteiger partial charge in [0.2, 0.25) is 0 Å². The van der Waals surface area contributed by atoms with Gasteiger partial charge in [-0.1, -0.05) is 30.3 Å². The van der Waals surface area contributed by atoms with Crippen LogP contribution in [0, 0.1) is 0 Å². The standard InChI is InChI=1S/C13H12O3/c14-11-8-12(16-13(15)9-11)7-6-10-4-2-1-3-5-10/h1-5,8-9,14H,6-7H2. The van der Waals surface area contributed by atoms with Crippen molar-refractivity contribution in [3.63, 3.8) is 0 Å². The monoisotopic (exact) mass is 216 g/mol. The first-order valence-electron chi connectivity index (χ1n) is 5.11. The van der Waals surface area contributed by atoms with Crippen molar-refractivity contribution in [2.45, 2.75) is 12.8 Å².